The molecule has 0 aromatic heterocycles. The topological polar surface area (TPSA) is 47.6 Å². The van der Waals surface area contributed by atoms with Gasteiger partial charge >= 0.3 is 0 Å². The first kappa shape index (κ1) is 16.7. The first-order chi connectivity index (χ1) is 9.83. The molecule has 5 heteroatoms. The van der Waals surface area contributed by atoms with E-state index in [1.807, 2.05) is 0 Å². The first-order valence-corrected chi connectivity index (χ1v) is 8.26. The molecule has 5 nitrogen and oxygen atoms in total. The van der Waals surface area contributed by atoms with Crippen LogP contribution in [0.3, 0.4) is 0 Å². The van der Waals surface area contributed by atoms with Crippen LogP contribution < -0.4 is 10.6 Å². The molecular formula is C16H32N4O. The van der Waals surface area contributed by atoms with Crippen molar-refractivity contribution in [2.75, 3.05) is 52.9 Å². The number of nitrogens with zero attached hydrogens (tertiary/aromatic N) is 2. The Morgan fingerprint density at radius 1 is 1.29 bits per heavy atom. The average Bonchev–Trinajstić information content (AvgIpc) is 2.46. The van der Waals surface area contributed by atoms with E-state index >= 15 is 0 Å². The van der Waals surface area contributed by atoms with Crippen LogP contribution in [0.2, 0.25) is 0 Å². The minimum Gasteiger partial charge on any atom is -0.354 e. The van der Waals surface area contributed by atoms with Gasteiger partial charge in [-0.3, -0.25) is 9.69 Å². The van der Waals surface area contributed by atoms with E-state index in [-0.39, 0.29) is 16.9 Å². The van der Waals surface area contributed by atoms with Crippen molar-refractivity contribution in [2.45, 2.75) is 39.2 Å². The van der Waals surface area contributed by atoms with Crippen molar-refractivity contribution >= 4 is 5.91 Å². The molecule has 0 spiro atoms. The number of piperazine rings is 1. The summed E-state index contributed by atoms with van der Waals surface area (Å²) in [6.45, 7) is 13.5. The lowest BCUT2D eigenvalue weighted by atomic mass is 9.81. The zero-order valence-electron chi connectivity index (χ0n) is 14.2. The summed E-state index contributed by atoms with van der Waals surface area (Å²) in [6.07, 6.45) is 2.08. The maximum absolute atomic E-state index is 12.5. The van der Waals surface area contributed by atoms with E-state index in [2.05, 4.69) is 48.3 Å². The minimum atomic E-state index is -0.240. The number of carbonyl (C=O) groups is 1. The van der Waals surface area contributed by atoms with E-state index in [1.165, 1.54) is 0 Å². The van der Waals surface area contributed by atoms with Gasteiger partial charge in [-0.2, -0.15) is 0 Å². The second-order valence-corrected chi connectivity index (χ2v) is 7.63. The fourth-order valence-electron chi connectivity index (χ4n) is 3.28. The Morgan fingerprint density at radius 2 is 1.95 bits per heavy atom. The molecule has 1 amide bonds. The highest BCUT2D eigenvalue weighted by Crippen LogP contribution is 2.26. The molecule has 2 heterocycles. The van der Waals surface area contributed by atoms with Crippen LogP contribution in [0.5, 0.6) is 0 Å². The highest BCUT2D eigenvalue weighted by molar-refractivity contribution is 5.82. The molecule has 2 fully saturated rings. The molecule has 0 saturated carbocycles. The molecule has 1 unspecified atom stereocenters. The summed E-state index contributed by atoms with van der Waals surface area (Å²) in [6, 6.07) is 0. The fraction of sp³-hybridized carbons (Fsp3) is 0.938. The first-order valence-electron chi connectivity index (χ1n) is 8.26. The quantitative estimate of drug-likeness (QED) is 0.794. The predicted molar refractivity (Wildman–Crippen MR) is 86.4 cm³/mol. The Kier molecular flexibility index (Phi) is 5.28. The number of amides is 1. The number of hydrogen-bond donors (Lipinski definition) is 2. The second-order valence-electron chi connectivity index (χ2n) is 7.63. The van der Waals surface area contributed by atoms with Crippen molar-refractivity contribution in [2.24, 2.45) is 5.41 Å². The van der Waals surface area contributed by atoms with E-state index in [0.29, 0.717) is 0 Å². The smallest absolute Gasteiger partial charge is 0.227 e. The number of rotatable bonds is 4. The molecule has 0 aromatic rings. The molecular weight excluding hydrogens is 264 g/mol. The van der Waals surface area contributed by atoms with Crippen molar-refractivity contribution in [1.82, 2.24) is 20.4 Å². The van der Waals surface area contributed by atoms with E-state index in [9.17, 15) is 4.79 Å². The van der Waals surface area contributed by atoms with Gasteiger partial charge in [0.25, 0.3) is 0 Å². The standard InChI is InChI=1S/C16H32N4O/c1-15(2,20-10-8-19(4)9-11-20)12-18-14(21)16(3)6-5-7-17-13-16/h17H,5-13H2,1-4H3,(H,18,21). The van der Waals surface area contributed by atoms with E-state index < -0.39 is 0 Å². The molecule has 0 aromatic carbocycles. The van der Waals surface area contributed by atoms with Gasteiger partial charge in [-0.15, -0.1) is 0 Å². The molecule has 1 atom stereocenters. The number of likely N-dealkylation sites (N-methyl/N-ethyl adjacent to an activating group) is 1. The summed E-state index contributed by atoms with van der Waals surface area (Å²) in [5.74, 6) is 0.205. The van der Waals surface area contributed by atoms with E-state index in [1.54, 1.807) is 0 Å². The molecule has 2 aliphatic heterocycles. The normalized spacial score (nSPS) is 29.3. The van der Waals surface area contributed by atoms with Gasteiger partial charge in [0, 0.05) is 44.8 Å². The van der Waals surface area contributed by atoms with Gasteiger partial charge < -0.3 is 15.5 Å². The van der Waals surface area contributed by atoms with Crippen molar-refractivity contribution in [3.8, 4) is 0 Å². The summed E-state index contributed by atoms with van der Waals surface area (Å²) >= 11 is 0. The monoisotopic (exact) mass is 296 g/mol. The number of piperidine rings is 1. The van der Waals surface area contributed by atoms with E-state index in [4.69, 9.17) is 0 Å². The third-order valence-electron chi connectivity index (χ3n) is 5.19. The van der Waals surface area contributed by atoms with Gasteiger partial charge in [-0.25, -0.2) is 0 Å². The fourth-order valence-corrected chi connectivity index (χ4v) is 3.28. The molecule has 2 aliphatic rings. The summed E-state index contributed by atoms with van der Waals surface area (Å²) in [5.41, 5.74) is -0.216. The van der Waals surface area contributed by atoms with Gasteiger partial charge in [0.05, 0.1) is 5.41 Å². The molecule has 122 valence electrons. The maximum atomic E-state index is 12.5. The lowest BCUT2D eigenvalue weighted by molar-refractivity contribution is -0.131. The van der Waals surface area contributed by atoms with Crippen molar-refractivity contribution in [3.63, 3.8) is 0 Å². The van der Waals surface area contributed by atoms with Crippen LogP contribution in [0.1, 0.15) is 33.6 Å². The molecule has 0 bridgehead atoms. The Labute approximate surface area is 129 Å². The summed E-state index contributed by atoms with van der Waals surface area (Å²) < 4.78 is 0. The summed E-state index contributed by atoms with van der Waals surface area (Å²) in [5, 5.41) is 6.55. The average molecular weight is 296 g/mol. The molecule has 0 aliphatic carbocycles. The van der Waals surface area contributed by atoms with Gasteiger partial charge in [0.2, 0.25) is 5.91 Å². The molecule has 21 heavy (non-hydrogen) atoms. The van der Waals surface area contributed by atoms with Crippen LogP contribution in [0.4, 0.5) is 0 Å². The largest absolute Gasteiger partial charge is 0.354 e. The van der Waals surface area contributed by atoms with E-state index in [0.717, 1.165) is 58.7 Å². The molecule has 2 rings (SSSR count). The third kappa shape index (κ3) is 4.18. The van der Waals surface area contributed by atoms with Crippen LogP contribution in [-0.4, -0.2) is 74.1 Å². The van der Waals surface area contributed by atoms with Crippen LogP contribution in [-0.2, 0) is 4.79 Å². The summed E-state index contributed by atoms with van der Waals surface area (Å²) in [4.78, 5) is 17.4. The Hall–Kier alpha value is -0.650. The van der Waals surface area contributed by atoms with Crippen LogP contribution in [0, 0.1) is 5.41 Å². The zero-order valence-corrected chi connectivity index (χ0v) is 14.2. The van der Waals surface area contributed by atoms with Crippen molar-refractivity contribution < 1.29 is 4.79 Å². The lowest BCUT2D eigenvalue weighted by Crippen LogP contribution is -2.59. The Morgan fingerprint density at radius 3 is 2.52 bits per heavy atom. The van der Waals surface area contributed by atoms with Crippen molar-refractivity contribution in [3.05, 3.63) is 0 Å². The number of nitrogens with one attached hydrogen (secondary N) is 2. The summed E-state index contributed by atoms with van der Waals surface area (Å²) in [7, 11) is 2.17. The van der Waals surface area contributed by atoms with Gasteiger partial charge in [0.15, 0.2) is 0 Å². The highest BCUT2D eigenvalue weighted by atomic mass is 16.2. The van der Waals surface area contributed by atoms with Gasteiger partial charge in [0.1, 0.15) is 0 Å². The van der Waals surface area contributed by atoms with Crippen molar-refractivity contribution in [1.29, 1.82) is 0 Å². The highest BCUT2D eigenvalue weighted by Gasteiger charge is 2.36. The predicted octanol–water partition coefficient (Wildman–Crippen LogP) is 0.518. The SMILES string of the molecule is CN1CCN(C(C)(C)CNC(=O)C2(C)CCCNC2)CC1. The molecule has 2 saturated heterocycles. The zero-order chi connectivity index (χ0) is 15.5. The maximum Gasteiger partial charge on any atom is 0.227 e. The van der Waals surface area contributed by atoms with Gasteiger partial charge in [-0.1, -0.05) is 0 Å². The third-order valence-corrected chi connectivity index (χ3v) is 5.19. The van der Waals surface area contributed by atoms with Crippen LogP contribution >= 0.6 is 0 Å². The number of hydrogen-bond acceptors (Lipinski definition) is 4. The Bertz CT molecular complexity index is 355. The second kappa shape index (κ2) is 6.63. The van der Waals surface area contributed by atoms with Crippen LogP contribution in [0.25, 0.3) is 0 Å². The molecule has 0 radical (unpaired) electrons. The van der Waals surface area contributed by atoms with Crippen LogP contribution in [0.15, 0.2) is 0 Å². The lowest BCUT2D eigenvalue weighted by Gasteiger charge is -2.44. The Balaban J connectivity index is 1.84. The number of carbonyl (C=O) groups excluding carboxylic acids is 1. The minimum absolute atomic E-state index is 0.0232. The van der Waals surface area contributed by atoms with Gasteiger partial charge in [-0.05, 0) is 47.2 Å². The molecule has 2 N–H and O–H groups in total.